The molecule has 0 aliphatic heterocycles. The Balaban J connectivity index is 2.22. The summed E-state index contributed by atoms with van der Waals surface area (Å²) >= 11 is 0. The van der Waals surface area contributed by atoms with Crippen LogP contribution in [0.15, 0.2) is 22.9 Å². The van der Waals surface area contributed by atoms with Crippen molar-refractivity contribution in [1.29, 1.82) is 0 Å². The summed E-state index contributed by atoms with van der Waals surface area (Å²) < 4.78 is 5.14. The lowest BCUT2D eigenvalue weighted by molar-refractivity contribution is 0.434. The minimum atomic E-state index is 0.208. The normalized spacial score (nSPS) is 11.9. The van der Waals surface area contributed by atoms with Crippen LogP contribution in [0.5, 0.6) is 0 Å². The van der Waals surface area contributed by atoms with Gasteiger partial charge in [0.25, 0.3) is 0 Å². The van der Waals surface area contributed by atoms with E-state index in [1.807, 2.05) is 12.1 Å². The highest BCUT2D eigenvalue weighted by atomic mass is 16.5. The van der Waals surface area contributed by atoms with E-state index in [9.17, 15) is 0 Å². The van der Waals surface area contributed by atoms with Crippen LogP contribution < -0.4 is 5.32 Å². The number of aromatic nitrogens is 2. The van der Waals surface area contributed by atoms with Crippen LogP contribution in [0.25, 0.3) is 11.1 Å². The fourth-order valence-corrected chi connectivity index (χ4v) is 1.24. The summed E-state index contributed by atoms with van der Waals surface area (Å²) in [4.78, 5) is 4.22. The molecule has 0 aliphatic carbocycles. The van der Waals surface area contributed by atoms with Crippen molar-refractivity contribution >= 4 is 16.9 Å². The van der Waals surface area contributed by atoms with Crippen LogP contribution in [-0.4, -0.2) is 16.7 Å². The highest BCUT2D eigenvalue weighted by molar-refractivity contribution is 5.83. The lowest BCUT2D eigenvalue weighted by Crippen LogP contribution is -2.19. The molecule has 80 valence electrons. The van der Waals surface area contributed by atoms with Crippen LogP contribution in [0.2, 0.25) is 0 Å². The monoisotopic (exact) mass is 205 g/mol. The van der Waals surface area contributed by atoms with E-state index in [0.29, 0.717) is 5.58 Å². The second kappa shape index (κ2) is 3.53. The Hall–Kier alpha value is -1.58. The molecule has 0 amide bonds. The SMILES string of the molecule is CC(C)(C)CNc1noc2cccnc12. The van der Waals surface area contributed by atoms with E-state index in [-0.39, 0.29) is 5.41 Å². The Morgan fingerprint density at radius 1 is 1.40 bits per heavy atom. The summed E-state index contributed by atoms with van der Waals surface area (Å²) in [6, 6.07) is 3.69. The zero-order valence-corrected chi connectivity index (χ0v) is 9.24. The summed E-state index contributed by atoms with van der Waals surface area (Å²) in [7, 11) is 0. The van der Waals surface area contributed by atoms with Gasteiger partial charge in [-0.25, -0.2) is 4.98 Å². The number of hydrogen-bond donors (Lipinski definition) is 1. The van der Waals surface area contributed by atoms with E-state index < -0.39 is 0 Å². The fourth-order valence-electron chi connectivity index (χ4n) is 1.24. The molecule has 4 heteroatoms. The van der Waals surface area contributed by atoms with E-state index in [4.69, 9.17) is 4.52 Å². The van der Waals surface area contributed by atoms with Gasteiger partial charge in [0.05, 0.1) is 0 Å². The summed E-state index contributed by atoms with van der Waals surface area (Å²) in [6.45, 7) is 7.33. The van der Waals surface area contributed by atoms with Gasteiger partial charge in [0, 0.05) is 12.7 Å². The summed E-state index contributed by atoms with van der Waals surface area (Å²) in [5.74, 6) is 0.723. The second-order valence-corrected chi connectivity index (χ2v) is 4.80. The molecule has 2 rings (SSSR count). The molecule has 0 saturated heterocycles. The van der Waals surface area contributed by atoms with Crippen molar-refractivity contribution in [2.45, 2.75) is 20.8 Å². The third-order valence-corrected chi connectivity index (χ3v) is 2.02. The summed E-state index contributed by atoms with van der Waals surface area (Å²) in [5.41, 5.74) is 1.72. The van der Waals surface area contributed by atoms with Crippen molar-refractivity contribution in [1.82, 2.24) is 10.1 Å². The van der Waals surface area contributed by atoms with Gasteiger partial charge in [0.2, 0.25) is 0 Å². The number of rotatable bonds is 2. The van der Waals surface area contributed by atoms with Gasteiger partial charge in [-0.2, -0.15) is 0 Å². The van der Waals surface area contributed by atoms with Crippen molar-refractivity contribution in [3.05, 3.63) is 18.3 Å². The molecular formula is C11H15N3O. The third-order valence-electron chi connectivity index (χ3n) is 2.02. The van der Waals surface area contributed by atoms with Crippen molar-refractivity contribution in [2.75, 3.05) is 11.9 Å². The maximum atomic E-state index is 5.14. The molecule has 0 atom stereocenters. The molecule has 2 aromatic heterocycles. The standard InChI is InChI=1S/C11H15N3O/c1-11(2,3)7-13-10-9-8(15-14-10)5-4-6-12-9/h4-6H,7H2,1-3H3,(H,13,14). The Morgan fingerprint density at radius 2 is 2.20 bits per heavy atom. The lowest BCUT2D eigenvalue weighted by atomic mass is 9.97. The molecule has 0 radical (unpaired) electrons. The zero-order valence-electron chi connectivity index (χ0n) is 9.24. The molecule has 0 aliphatic rings. The van der Waals surface area contributed by atoms with E-state index in [0.717, 1.165) is 17.9 Å². The largest absolute Gasteiger partial charge is 0.365 e. The van der Waals surface area contributed by atoms with Crippen LogP contribution in [0.1, 0.15) is 20.8 Å². The summed E-state index contributed by atoms with van der Waals surface area (Å²) in [5, 5.41) is 7.19. The van der Waals surface area contributed by atoms with Crippen molar-refractivity contribution < 1.29 is 4.52 Å². The molecule has 15 heavy (non-hydrogen) atoms. The molecule has 2 aromatic rings. The molecule has 0 aromatic carbocycles. The Kier molecular flexibility index (Phi) is 2.34. The Morgan fingerprint density at radius 3 is 2.93 bits per heavy atom. The van der Waals surface area contributed by atoms with Gasteiger partial charge in [0.1, 0.15) is 0 Å². The van der Waals surface area contributed by atoms with Crippen LogP contribution in [-0.2, 0) is 0 Å². The number of anilines is 1. The third kappa shape index (κ3) is 2.26. The highest BCUT2D eigenvalue weighted by Gasteiger charge is 2.13. The molecule has 0 fully saturated rings. The molecule has 0 bridgehead atoms. The first kappa shape index (κ1) is 9.96. The second-order valence-electron chi connectivity index (χ2n) is 4.80. The average Bonchev–Trinajstić information content (AvgIpc) is 2.57. The lowest BCUT2D eigenvalue weighted by Gasteiger charge is -2.17. The fraction of sp³-hybridized carbons (Fsp3) is 0.455. The van der Waals surface area contributed by atoms with Crippen LogP contribution >= 0.6 is 0 Å². The van der Waals surface area contributed by atoms with Crippen LogP contribution in [0.4, 0.5) is 5.82 Å². The predicted molar refractivity (Wildman–Crippen MR) is 59.7 cm³/mol. The predicted octanol–water partition coefficient (Wildman–Crippen LogP) is 2.68. The minimum absolute atomic E-state index is 0.208. The van der Waals surface area contributed by atoms with Gasteiger partial charge in [0.15, 0.2) is 16.9 Å². The maximum Gasteiger partial charge on any atom is 0.196 e. The quantitative estimate of drug-likeness (QED) is 0.818. The average molecular weight is 205 g/mol. The number of pyridine rings is 1. The van der Waals surface area contributed by atoms with Crippen molar-refractivity contribution in [2.24, 2.45) is 5.41 Å². The first-order valence-electron chi connectivity index (χ1n) is 5.00. The van der Waals surface area contributed by atoms with Gasteiger partial charge in [-0.15, -0.1) is 0 Å². The molecule has 0 saturated carbocycles. The van der Waals surface area contributed by atoms with Gasteiger partial charge < -0.3 is 9.84 Å². The van der Waals surface area contributed by atoms with Crippen molar-refractivity contribution in [3.63, 3.8) is 0 Å². The molecular weight excluding hydrogens is 190 g/mol. The number of nitrogens with zero attached hydrogens (tertiary/aromatic N) is 2. The van der Waals surface area contributed by atoms with Gasteiger partial charge in [-0.1, -0.05) is 25.9 Å². The molecule has 0 spiro atoms. The zero-order chi connectivity index (χ0) is 10.9. The number of hydrogen-bond acceptors (Lipinski definition) is 4. The number of fused-ring (bicyclic) bond motifs is 1. The topological polar surface area (TPSA) is 51.0 Å². The Bertz CT molecular complexity index is 456. The van der Waals surface area contributed by atoms with Crippen LogP contribution in [0.3, 0.4) is 0 Å². The van der Waals surface area contributed by atoms with Gasteiger partial charge >= 0.3 is 0 Å². The molecule has 4 nitrogen and oxygen atoms in total. The Labute approximate surface area is 88.7 Å². The van der Waals surface area contributed by atoms with E-state index in [1.165, 1.54) is 0 Å². The van der Waals surface area contributed by atoms with E-state index >= 15 is 0 Å². The minimum Gasteiger partial charge on any atom is -0.365 e. The molecule has 0 unspecified atom stereocenters. The van der Waals surface area contributed by atoms with Gasteiger partial charge in [-0.05, 0) is 17.5 Å². The summed E-state index contributed by atoms with van der Waals surface area (Å²) in [6.07, 6.45) is 1.74. The molecule has 1 N–H and O–H groups in total. The smallest absolute Gasteiger partial charge is 0.196 e. The number of nitrogens with one attached hydrogen (secondary N) is 1. The first-order valence-corrected chi connectivity index (χ1v) is 5.00. The van der Waals surface area contributed by atoms with E-state index in [1.54, 1.807) is 6.20 Å². The molecule has 2 heterocycles. The van der Waals surface area contributed by atoms with Crippen molar-refractivity contribution in [3.8, 4) is 0 Å². The maximum absolute atomic E-state index is 5.14. The van der Waals surface area contributed by atoms with Crippen LogP contribution in [0, 0.1) is 5.41 Å². The van der Waals surface area contributed by atoms with E-state index in [2.05, 4.69) is 36.2 Å². The highest BCUT2D eigenvalue weighted by Crippen LogP contribution is 2.21. The first-order chi connectivity index (χ1) is 7.06. The van der Waals surface area contributed by atoms with Gasteiger partial charge in [-0.3, -0.25) is 0 Å².